The molecule has 1 aliphatic rings. The Kier molecular flexibility index (Phi) is 7.29. The number of rotatable bonds is 7. The summed E-state index contributed by atoms with van der Waals surface area (Å²) >= 11 is 0. The number of amides is 2. The number of nitrogens with zero attached hydrogens (tertiary/aromatic N) is 1. The van der Waals surface area contributed by atoms with Crippen molar-refractivity contribution in [1.82, 2.24) is 0 Å². The summed E-state index contributed by atoms with van der Waals surface area (Å²) in [4.78, 5) is 26.3. The van der Waals surface area contributed by atoms with Gasteiger partial charge in [-0.1, -0.05) is 38.1 Å². The molecule has 0 fully saturated rings. The Morgan fingerprint density at radius 1 is 1.16 bits per heavy atom. The quantitative estimate of drug-likeness (QED) is 0.464. The van der Waals surface area contributed by atoms with Gasteiger partial charge in [0.25, 0.3) is 0 Å². The van der Waals surface area contributed by atoms with E-state index < -0.39 is 0 Å². The maximum absolute atomic E-state index is 12.4. The second-order valence-electron chi connectivity index (χ2n) is 8.33. The Labute approximate surface area is 185 Å². The van der Waals surface area contributed by atoms with Crippen LogP contribution in [0.3, 0.4) is 0 Å². The fraction of sp³-hybridized carbons (Fsp3) is 0.385. The SMILES string of the molecule is C=CCCCC(=O)Nc1ccc(-c2ccc3c(c2)[C@@H](N)[C@H](C)[C@H](CC)N3C(C)=O)cc1. The maximum atomic E-state index is 12.4. The van der Waals surface area contributed by atoms with Gasteiger partial charge >= 0.3 is 0 Å². The van der Waals surface area contributed by atoms with Crippen LogP contribution in [0, 0.1) is 5.92 Å². The molecule has 0 spiro atoms. The number of allylic oxidation sites excluding steroid dienone is 1. The molecule has 3 rings (SSSR count). The highest BCUT2D eigenvalue weighted by Crippen LogP contribution is 2.42. The molecule has 0 saturated carbocycles. The van der Waals surface area contributed by atoms with Gasteiger partial charge in [-0.2, -0.15) is 0 Å². The highest BCUT2D eigenvalue weighted by molar-refractivity contribution is 5.94. The molecule has 3 atom stereocenters. The monoisotopic (exact) mass is 419 g/mol. The smallest absolute Gasteiger partial charge is 0.224 e. The second-order valence-corrected chi connectivity index (χ2v) is 8.33. The molecule has 1 aliphatic heterocycles. The Hall–Kier alpha value is -2.92. The van der Waals surface area contributed by atoms with Gasteiger partial charge in [0.15, 0.2) is 0 Å². The first kappa shape index (κ1) is 22.8. The number of hydrogen-bond acceptors (Lipinski definition) is 3. The van der Waals surface area contributed by atoms with Gasteiger partial charge in [0, 0.05) is 36.8 Å². The zero-order valence-corrected chi connectivity index (χ0v) is 18.7. The summed E-state index contributed by atoms with van der Waals surface area (Å²) in [5, 5.41) is 2.93. The lowest BCUT2D eigenvalue weighted by Crippen LogP contribution is -2.50. The fourth-order valence-electron chi connectivity index (χ4n) is 4.49. The molecule has 0 bridgehead atoms. The normalized spacial score (nSPS) is 20.1. The Bertz CT molecular complexity index is 952. The van der Waals surface area contributed by atoms with E-state index in [1.165, 1.54) is 0 Å². The van der Waals surface area contributed by atoms with Crippen molar-refractivity contribution in [3.8, 4) is 11.1 Å². The van der Waals surface area contributed by atoms with Crippen LogP contribution >= 0.6 is 0 Å². The first-order valence-electron chi connectivity index (χ1n) is 11.1. The molecule has 2 aromatic carbocycles. The van der Waals surface area contributed by atoms with E-state index in [1.54, 1.807) is 6.92 Å². The number of fused-ring (bicyclic) bond motifs is 1. The van der Waals surface area contributed by atoms with Crippen LogP contribution in [0.25, 0.3) is 11.1 Å². The summed E-state index contributed by atoms with van der Waals surface area (Å²) in [5.41, 5.74) is 11.4. The second kappa shape index (κ2) is 9.92. The van der Waals surface area contributed by atoms with E-state index in [0.717, 1.165) is 47.3 Å². The minimum Gasteiger partial charge on any atom is -0.326 e. The standard InChI is InChI=1S/C26H33N3O2/c1-5-7-8-9-25(31)28-21-13-10-19(11-14-21)20-12-15-24-22(16-20)26(27)17(3)23(6-2)29(24)18(4)30/h5,10-17,23,26H,1,6-9,27H2,2-4H3,(H,28,31)/t17-,23+,26+/m1/s1. The molecule has 3 N–H and O–H groups in total. The molecule has 2 aromatic rings. The summed E-state index contributed by atoms with van der Waals surface area (Å²) in [7, 11) is 0. The Morgan fingerprint density at radius 3 is 2.45 bits per heavy atom. The lowest BCUT2D eigenvalue weighted by Gasteiger charge is -2.43. The first-order valence-corrected chi connectivity index (χ1v) is 11.1. The van der Waals surface area contributed by atoms with E-state index in [4.69, 9.17) is 5.73 Å². The van der Waals surface area contributed by atoms with E-state index in [2.05, 4.69) is 31.8 Å². The van der Waals surface area contributed by atoms with Crippen LogP contribution in [0.2, 0.25) is 0 Å². The van der Waals surface area contributed by atoms with E-state index in [-0.39, 0.29) is 29.8 Å². The molecular weight excluding hydrogens is 386 g/mol. The lowest BCUT2D eigenvalue weighted by atomic mass is 9.80. The molecule has 0 aliphatic carbocycles. The average Bonchev–Trinajstić information content (AvgIpc) is 2.76. The van der Waals surface area contributed by atoms with E-state index in [1.807, 2.05) is 47.4 Å². The molecule has 5 nitrogen and oxygen atoms in total. The van der Waals surface area contributed by atoms with Crippen LogP contribution < -0.4 is 16.0 Å². The molecule has 0 aromatic heterocycles. The van der Waals surface area contributed by atoms with Crippen LogP contribution in [-0.4, -0.2) is 17.9 Å². The van der Waals surface area contributed by atoms with Gasteiger partial charge < -0.3 is 16.0 Å². The van der Waals surface area contributed by atoms with Crippen molar-refractivity contribution in [3.63, 3.8) is 0 Å². The molecule has 0 unspecified atom stereocenters. The lowest BCUT2D eigenvalue weighted by molar-refractivity contribution is -0.117. The number of carbonyl (C=O) groups is 2. The minimum absolute atomic E-state index is 0.0122. The van der Waals surface area contributed by atoms with E-state index >= 15 is 0 Å². The summed E-state index contributed by atoms with van der Waals surface area (Å²) in [5.74, 6) is 0.237. The highest BCUT2D eigenvalue weighted by Gasteiger charge is 2.37. The van der Waals surface area contributed by atoms with Crippen LogP contribution in [0.5, 0.6) is 0 Å². The van der Waals surface area contributed by atoms with E-state index in [0.29, 0.717) is 6.42 Å². The third kappa shape index (κ3) is 4.88. The van der Waals surface area contributed by atoms with E-state index in [9.17, 15) is 9.59 Å². The van der Waals surface area contributed by atoms with Crippen molar-refractivity contribution in [3.05, 3.63) is 60.7 Å². The van der Waals surface area contributed by atoms with Crippen molar-refractivity contribution < 1.29 is 9.59 Å². The third-order valence-corrected chi connectivity index (χ3v) is 6.22. The number of hydrogen-bond donors (Lipinski definition) is 2. The maximum Gasteiger partial charge on any atom is 0.224 e. The largest absolute Gasteiger partial charge is 0.326 e. The van der Waals surface area contributed by atoms with Gasteiger partial charge in [0.05, 0.1) is 0 Å². The van der Waals surface area contributed by atoms with Crippen molar-refractivity contribution in [2.75, 3.05) is 10.2 Å². The summed E-state index contributed by atoms with van der Waals surface area (Å²) in [6.07, 6.45) is 4.82. The third-order valence-electron chi connectivity index (χ3n) is 6.22. The number of anilines is 2. The van der Waals surface area contributed by atoms with Crippen molar-refractivity contribution in [2.24, 2.45) is 11.7 Å². The number of unbranched alkanes of at least 4 members (excludes halogenated alkanes) is 1. The van der Waals surface area contributed by atoms with Crippen molar-refractivity contribution in [2.45, 2.75) is 58.5 Å². The first-order chi connectivity index (χ1) is 14.9. The number of nitrogens with one attached hydrogen (secondary N) is 1. The number of carbonyl (C=O) groups excluding carboxylic acids is 2. The predicted molar refractivity (Wildman–Crippen MR) is 128 cm³/mol. The molecular formula is C26H33N3O2. The fourth-order valence-corrected chi connectivity index (χ4v) is 4.49. The molecule has 2 amide bonds. The molecule has 31 heavy (non-hydrogen) atoms. The Balaban J connectivity index is 1.83. The van der Waals surface area contributed by atoms with Gasteiger partial charge in [0.2, 0.25) is 11.8 Å². The summed E-state index contributed by atoms with van der Waals surface area (Å²) in [6.45, 7) is 9.52. The summed E-state index contributed by atoms with van der Waals surface area (Å²) in [6, 6.07) is 14.0. The van der Waals surface area contributed by atoms with Gasteiger partial charge in [-0.25, -0.2) is 0 Å². The van der Waals surface area contributed by atoms with Crippen LogP contribution in [0.15, 0.2) is 55.1 Å². The van der Waals surface area contributed by atoms with Gasteiger partial charge in [-0.3, -0.25) is 9.59 Å². The highest BCUT2D eigenvalue weighted by atomic mass is 16.2. The molecule has 0 radical (unpaired) electrons. The Morgan fingerprint density at radius 2 is 1.84 bits per heavy atom. The van der Waals surface area contributed by atoms with Gasteiger partial charge in [-0.05, 0) is 66.1 Å². The van der Waals surface area contributed by atoms with Crippen molar-refractivity contribution >= 4 is 23.2 Å². The zero-order valence-electron chi connectivity index (χ0n) is 18.7. The van der Waals surface area contributed by atoms with Crippen LogP contribution in [-0.2, 0) is 9.59 Å². The number of benzene rings is 2. The predicted octanol–water partition coefficient (Wildman–Crippen LogP) is 5.43. The number of nitrogens with two attached hydrogens (primary N) is 1. The average molecular weight is 420 g/mol. The van der Waals surface area contributed by atoms with Gasteiger partial charge in [-0.15, -0.1) is 6.58 Å². The van der Waals surface area contributed by atoms with Crippen LogP contribution in [0.4, 0.5) is 11.4 Å². The molecule has 1 heterocycles. The molecule has 0 saturated heterocycles. The molecule has 5 heteroatoms. The topological polar surface area (TPSA) is 75.4 Å². The van der Waals surface area contributed by atoms with Gasteiger partial charge in [0.1, 0.15) is 0 Å². The van der Waals surface area contributed by atoms with Crippen molar-refractivity contribution in [1.29, 1.82) is 0 Å². The summed E-state index contributed by atoms with van der Waals surface area (Å²) < 4.78 is 0. The minimum atomic E-state index is -0.121. The molecule has 164 valence electrons. The zero-order chi connectivity index (χ0) is 22.5. The van der Waals surface area contributed by atoms with Crippen LogP contribution in [0.1, 0.15) is 58.1 Å².